The summed E-state index contributed by atoms with van der Waals surface area (Å²) in [5, 5.41) is 13.1. The van der Waals surface area contributed by atoms with Crippen LogP contribution in [0.3, 0.4) is 0 Å². The first-order valence-electron chi connectivity index (χ1n) is 10.6. The van der Waals surface area contributed by atoms with Crippen LogP contribution < -0.4 is 9.47 Å². The van der Waals surface area contributed by atoms with Gasteiger partial charge in [-0.3, -0.25) is 14.5 Å². The van der Waals surface area contributed by atoms with E-state index in [-0.39, 0.29) is 54.1 Å². The highest BCUT2D eigenvalue weighted by molar-refractivity contribution is 6.09. The third kappa shape index (κ3) is 2.68. The zero-order valence-electron chi connectivity index (χ0n) is 18.0. The van der Waals surface area contributed by atoms with Crippen molar-refractivity contribution < 1.29 is 23.9 Å². The van der Waals surface area contributed by atoms with Gasteiger partial charge in [0.05, 0.1) is 24.7 Å². The van der Waals surface area contributed by atoms with Gasteiger partial charge in [0.25, 0.3) is 0 Å². The molecule has 8 nitrogen and oxygen atoms in total. The van der Waals surface area contributed by atoms with Gasteiger partial charge in [0.1, 0.15) is 12.2 Å². The number of likely N-dealkylation sites (tertiary alicyclic amines) is 1. The van der Waals surface area contributed by atoms with Gasteiger partial charge in [0, 0.05) is 22.9 Å². The molecule has 1 saturated heterocycles. The van der Waals surface area contributed by atoms with Gasteiger partial charge in [-0.1, -0.05) is 5.16 Å². The Balaban J connectivity index is 1.45. The molecule has 2 aliphatic heterocycles. The van der Waals surface area contributed by atoms with Crippen molar-refractivity contribution in [1.29, 1.82) is 5.26 Å². The molecule has 162 valence electrons. The van der Waals surface area contributed by atoms with E-state index < -0.39 is 5.54 Å². The van der Waals surface area contributed by atoms with Crippen LogP contribution >= 0.6 is 0 Å². The summed E-state index contributed by atoms with van der Waals surface area (Å²) in [5.74, 6) is 0.270. The molecule has 2 heterocycles. The maximum atomic E-state index is 13.3. The molecule has 0 radical (unpaired) electrons. The molecule has 5 rings (SSSR count). The summed E-state index contributed by atoms with van der Waals surface area (Å²) in [7, 11) is 1.54. The van der Waals surface area contributed by atoms with Crippen molar-refractivity contribution in [2.75, 3.05) is 13.7 Å². The molecule has 1 aromatic rings. The highest BCUT2D eigenvalue weighted by Crippen LogP contribution is 2.62. The van der Waals surface area contributed by atoms with E-state index in [9.17, 15) is 9.59 Å². The van der Waals surface area contributed by atoms with Gasteiger partial charge in [-0.25, -0.2) is 0 Å². The first kappa shape index (κ1) is 19.9. The minimum atomic E-state index is -0.530. The van der Waals surface area contributed by atoms with E-state index in [1.165, 1.54) is 4.90 Å². The summed E-state index contributed by atoms with van der Waals surface area (Å²) < 4.78 is 10.8. The quantitative estimate of drug-likeness (QED) is 0.689. The van der Waals surface area contributed by atoms with E-state index in [1.54, 1.807) is 13.2 Å². The molecule has 2 amide bonds. The van der Waals surface area contributed by atoms with E-state index in [0.717, 1.165) is 17.7 Å². The Bertz CT molecular complexity index is 1040. The van der Waals surface area contributed by atoms with E-state index in [2.05, 4.69) is 5.16 Å². The monoisotopic (exact) mass is 423 g/mol. The molecule has 1 aromatic carbocycles. The number of nitriles is 1. The minimum absolute atomic E-state index is 0.00480. The molecular formula is C23H25N3O5. The summed E-state index contributed by atoms with van der Waals surface area (Å²) in [6, 6.07) is 7.39. The molecule has 4 aliphatic rings. The van der Waals surface area contributed by atoms with Crippen LogP contribution in [0.15, 0.2) is 23.4 Å². The van der Waals surface area contributed by atoms with Crippen molar-refractivity contribution >= 4 is 17.5 Å². The Morgan fingerprint density at radius 1 is 1.16 bits per heavy atom. The largest absolute Gasteiger partial charge is 0.493 e. The molecule has 0 aromatic heterocycles. The molecule has 3 fully saturated rings. The van der Waals surface area contributed by atoms with Crippen molar-refractivity contribution in [2.24, 2.45) is 34.7 Å². The van der Waals surface area contributed by atoms with Crippen LogP contribution in [0.1, 0.15) is 32.8 Å². The number of imide groups is 1. The van der Waals surface area contributed by atoms with Gasteiger partial charge in [0.2, 0.25) is 11.8 Å². The Labute approximate surface area is 180 Å². The summed E-state index contributed by atoms with van der Waals surface area (Å²) in [5.41, 5.74) is 1.09. The maximum absolute atomic E-state index is 13.3. The predicted octanol–water partition coefficient (Wildman–Crippen LogP) is 2.37. The van der Waals surface area contributed by atoms with Crippen LogP contribution in [0.5, 0.6) is 11.5 Å². The van der Waals surface area contributed by atoms with Gasteiger partial charge in [-0.15, -0.1) is 0 Å². The first-order chi connectivity index (χ1) is 14.8. The second-order valence-electron chi connectivity index (χ2n) is 9.68. The van der Waals surface area contributed by atoms with Crippen LogP contribution in [0.25, 0.3) is 0 Å². The molecular weight excluding hydrogens is 398 g/mol. The summed E-state index contributed by atoms with van der Waals surface area (Å²) in [4.78, 5) is 33.7. The Kier molecular flexibility index (Phi) is 4.30. The lowest BCUT2D eigenvalue weighted by atomic mass is 9.71. The van der Waals surface area contributed by atoms with Crippen LogP contribution in [0.2, 0.25) is 0 Å². The highest BCUT2D eigenvalue weighted by atomic mass is 16.6. The average molecular weight is 423 g/mol. The van der Waals surface area contributed by atoms with Crippen molar-refractivity contribution in [1.82, 2.24) is 4.90 Å². The fourth-order valence-corrected chi connectivity index (χ4v) is 6.08. The number of methoxy groups -OCH3 is 1. The zero-order chi connectivity index (χ0) is 22.1. The molecule has 0 N–H and O–H groups in total. The Morgan fingerprint density at radius 2 is 1.87 bits per heavy atom. The molecule has 0 unspecified atom stereocenters. The van der Waals surface area contributed by atoms with E-state index in [4.69, 9.17) is 19.6 Å². The Hall–Kier alpha value is -3.08. The normalized spacial score (nSPS) is 33.0. The van der Waals surface area contributed by atoms with Crippen LogP contribution in [0.4, 0.5) is 0 Å². The second-order valence-corrected chi connectivity index (χ2v) is 9.68. The van der Waals surface area contributed by atoms with Crippen LogP contribution in [-0.4, -0.2) is 47.8 Å². The fourth-order valence-electron chi connectivity index (χ4n) is 6.08. The van der Waals surface area contributed by atoms with Crippen molar-refractivity contribution in [3.63, 3.8) is 0 Å². The maximum Gasteiger partial charge on any atom is 0.234 e. The van der Waals surface area contributed by atoms with E-state index in [1.807, 2.05) is 39.0 Å². The predicted molar refractivity (Wildman–Crippen MR) is 109 cm³/mol. The number of hydrogen-bond acceptors (Lipinski definition) is 7. The third-order valence-electron chi connectivity index (χ3n) is 7.11. The number of carbonyl (C=O) groups excluding carboxylic acids is 2. The van der Waals surface area contributed by atoms with Gasteiger partial charge in [-0.2, -0.15) is 5.26 Å². The highest BCUT2D eigenvalue weighted by Gasteiger charge is 2.71. The second kappa shape index (κ2) is 6.71. The van der Waals surface area contributed by atoms with Crippen molar-refractivity contribution in [3.8, 4) is 17.6 Å². The Morgan fingerprint density at radius 3 is 2.52 bits per heavy atom. The number of hydrogen-bond donors (Lipinski definition) is 0. The number of ether oxygens (including phenoxy) is 2. The van der Waals surface area contributed by atoms with Crippen molar-refractivity contribution in [2.45, 2.75) is 38.8 Å². The van der Waals surface area contributed by atoms with E-state index >= 15 is 0 Å². The molecule has 31 heavy (non-hydrogen) atoms. The molecule has 8 heteroatoms. The number of benzene rings is 1. The van der Waals surface area contributed by atoms with Gasteiger partial charge >= 0.3 is 0 Å². The lowest BCUT2D eigenvalue weighted by Crippen LogP contribution is -2.46. The van der Waals surface area contributed by atoms with Gasteiger partial charge in [-0.05, 0) is 51.3 Å². The fraction of sp³-hybridized carbons (Fsp3) is 0.565. The average Bonchev–Trinajstić information content (AvgIpc) is 3.45. The molecule has 6 atom stereocenters. The summed E-state index contributed by atoms with van der Waals surface area (Å²) in [6.07, 6.45) is 0.623. The zero-order valence-corrected chi connectivity index (χ0v) is 18.0. The number of oxime groups is 1. The van der Waals surface area contributed by atoms with Crippen molar-refractivity contribution in [3.05, 3.63) is 23.8 Å². The first-order valence-corrected chi connectivity index (χ1v) is 10.6. The molecule has 2 aliphatic carbocycles. The SMILES string of the molecule is COc1cc(C2=NO[C@@H]3[C@@H]4C[C@@H]([C@H]5C(=O)N(C(C)(C)C)C(=O)[C@@H]45)[C@H]23)ccc1OCC#N. The smallest absolute Gasteiger partial charge is 0.234 e. The van der Waals surface area contributed by atoms with E-state index in [0.29, 0.717) is 11.5 Å². The standard InChI is InChI=1S/C23H25N3O5/c1-23(2,3)26-21(27)16-12-10-13(17(16)22(26)28)20-18(12)19(25-31-20)11-5-6-14(30-8-7-24)15(9-11)29-4/h5-6,9,12-13,16-18,20H,8,10H2,1-4H3/t12-,13+,16+,17-,18+,20+/m0/s1. The summed E-state index contributed by atoms with van der Waals surface area (Å²) >= 11 is 0. The summed E-state index contributed by atoms with van der Waals surface area (Å²) in [6.45, 7) is 5.63. The number of carbonyl (C=O) groups is 2. The number of amides is 2. The van der Waals surface area contributed by atoms with Gasteiger partial charge in [0.15, 0.2) is 18.1 Å². The molecule has 2 saturated carbocycles. The third-order valence-corrected chi connectivity index (χ3v) is 7.11. The minimum Gasteiger partial charge on any atom is -0.493 e. The van der Waals surface area contributed by atoms with Crippen LogP contribution in [-0.2, 0) is 14.4 Å². The van der Waals surface area contributed by atoms with Gasteiger partial charge < -0.3 is 14.3 Å². The number of fused-ring (bicyclic) bond motifs is 8. The van der Waals surface area contributed by atoms with Crippen LogP contribution in [0, 0.1) is 40.9 Å². The molecule has 0 spiro atoms. The number of rotatable bonds is 4. The lowest BCUT2D eigenvalue weighted by molar-refractivity contribution is -0.146. The molecule has 2 bridgehead atoms. The topological polar surface area (TPSA) is 101 Å². The lowest BCUT2D eigenvalue weighted by Gasteiger charge is -2.31. The number of nitrogens with zero attached hydrogens (tertiary/aromatic N) is 3.